The Hall–Kier alpha value is -2.39. The van der Waals surface area contributed by atoms with Crippen LogP contribution in [0.4, 0.5) is 5.13 Å². The number of thiazole rings is 1. The highest BCUT2D eigenvalue weighted by molar-refractivity contribution is 7.99. The van der Waals surface area contributed by atoms with Gasteiger partial charge in [-0.25, -0.2) is 9.97 Å². The summed E-state index contributed by atoms with van der Waals surface area (Å²) < 4.78 is 5.71. The normalized spacial score (nSPS) is 10.9. The van der Waals surface area contributed by atoms with Gasteiger partial charge in [0.1, 0.15) is 12.4 Å². The lowest BCUT2D eigenvalue weighted by Gasteiger charge is -2.07. The van der Waals surface area contributed by atoms with E-state index in [4.69, 9.17) is 4.74 Å². The number of thioether (sulfide) groups is 1. The number of nitrogens with one attached hydrogen (secondary N) is 2. The lowest BCUT2D eigenvalue weighted by molar-refractivity contribution is -0.113. The van der Waals surface area contributed by atoms with Crippen molar-refractivity contribution < 1.29 is 9.53 Å². The molecule has 9 heteroatoms. The van der Waals surface area contributed by atoms with Crippen LogP contribution in [-0.4, -0.2) is 31.8 Å². The average Bonchev–Trinajstić information content (AvgIpc) is 3.30. The zero-order valence-corrected chi connectivity index (χ0v) is 16.1. The van der Waals surface area contributed by atoms with Crippen LogP contribution in [0.3, 0.4) is 0 Å². The van der Waals surface area contributed by atoms with Crippen molar-refractivity contribution in [3.8, 4) is 5.75 Å². The van der Waals surface area contributed by atoms with Crippen molar-refractivity contribution in [2.24, 2.45) is 0 Å². The smallest absolute Gasteiger partial charge is 0.236 e. The number of hydrogen-bond acceptors (Lipinski definition) is 7. The van der Waals surface area contributed by atoms with Crippen LogP contribution in [0.2, 0.25) is 0 Å². The first-order valence-corrected chi connectivity index (χ1v) is 9.93. The molecule has 1 amide bonds. The predicted octanol–water partition coefficient (Wildman–Crippen LogP) is 3.69. The monoisotopic (exact) mass is 389 g/mol. The number of hydrogen-bond donors (Lipinski definition) is 2. The van der Waals surface area contributed by atoms with E-state index in [0.717, 1.165) is 5.75 Å². The highest BCUT2D eigenvalue weighted by atomic mass is 32.2. The summed E-state index contributed by atoms with van der Waals surface area (Å²) in [6, 6.07) is 8.01. The lowest BCUT2D eigenvalue weighted by atomic mass is 10.0. The summed E-state index contributed by atoms with van der Waals surface area (Å²) in [6.45, 7) is 4.60. The molecule has 26 heavy (non-hydrogen) atoms. The van der Waals surface area contributed by atoms with Crippen molar-refractivity contribution in [2.45, 2.75) is 31.5 Å². The van der Waals surface area contributed by atoms with Crippen LogP contribution in [0, 0.1) is 0 Å². The van der Waals surface area contributed by atoms with Crippen molar-refractivity contribution >= 4 is 34.1 Å². The van der Waals surface area contributed by atoms with Crippen LogP contribution < -0.4 is 10.1 Å². The number of aromatic amines is 1. The quantitative estimate of drug-likeness (QED) is 0.571. The number of ether oxygens (including phenoxy) is 1. The lowest BCUT2D eigenvalue weighted by Crippen LogP contribution is -2.13. The minimum absolute atomic E-state index is 0.141. The summed E-state index contributed by atoms with van der Waals surface area (Å²) in [5, 5.41) is 12.5. The SMILES string of the molecule is CC(C)c1ccc(OCc2nc(SCC(=O)Nc3nccs3)n[nH]2)cc1. The molecule has 136 valence electrons. The Balaban J connectivity index is 1.44. The van der Waals surface area contributed by atoms with Gasteiger partial charge in [-0.2, -0.15) is 0 Å². The molecule has 0 aliphatic carbocycles. The first-order chi connectivity index (χ1) is 12.6. The van der Waals surface area contributed by atoms with Gasteiger partial charge in [-0.05, 0) is 23.6 Å². The third kappa shape index (κ3) is 5.30. The van der Waals surface area contributed by atoms with Crippen molar-refractivity contribution in [2.75, 3.05) is 11.1 Å². The molecule has 0 unspecified atom stereocenters. The number of carbonyl (C=O) groups is 1. The first-order valence-electron chi connectivity index (χ1n) is 8.06. The number of H-pyrrole nitrogens is 1. The van der Waals surface area contributed by atoms with Gasteiger partial charge in [0.2, 0.25) is 11.1 Å². The number of rotatable bonds is 8. The molecule has 3 rings (SSSR count). The van der Waals surface area contributed by atoms with Gasteiger partial charge in [-0.15, -0.1) is 16.4 Å². The van der Waals surface area contributed by atoms with Gasteiger partial charge in [0.05, 0.1) is 5.75 Å². The molecule has 0 spiro atoms. The Bertz CT molecular complexity index is 831. The summed E-state index contributed by atoms with van der Waals surface area (Å²) in [5.41, 5.74) is 1.27. The summed E-state index contributed by atoms with van der Waals surface area (Å²) in [5.74, 6) is 1.96. The second-order valence-electron chi connectivity index (χ2n) is 5.75. The van der Waals surface area contributed by atoms with Crippen molar-refractivity contribution in [3.63, 3.8) is 0 Å². The highest BCUT2D eigenvalue weighted by Gasteiger charge is 2.09. The molecule has 3 aromatic rings. The summed E-state index contributed by atoms with van der Waals surface area (Å²) in [4.78, 5) is 20.1. The van der Waals surface area contributed by atoms with E-state index >= 15 is 0 Å². The maximum atomic E-state index is 11.8. The van der Waals surface area contributed by atoms with E-state index in [-0.39, 0.29) is 11.7 Å². The van der Waals surface area contributed by atoms with Crippen LogP contribution in [0.15, 0.2) is 41.0 Å². The largest absolute Gasteiger partial charge is 0.486 e. The Kier molecular flexibility index (Phi) is 6.24. The molecule has 0 fully saturated rings. The van der Waals surface area contributed by atoms with E-state index in [0.29, 0.717) is 28.6 Å². The topological polar surface area (TPSA) is 92.8 Å². The van der Waals surface area contributed by atoms with Crippen molar-refractivity contribution in [1.82, 2.24) is 20.2 Å². The Morgan fingerprint density at radius 2 is 2.15 bits per heavy atom. The summed E-state index contributed by atoms with van der Waals surface area (Å²) >= 11 is 2.63. The molecule has 0 atom stereocenters. The minimum atomic E-state index is -0.141. The number of aromatic nitrogens is 4. The standard InChI is InChI=1S/C17H19N5O2S2/c1-11(2)12-3-5-13(6-4-12)24-9-14-19-17(22-21-14)26-10-15(23)20-16-18-7-8-25-16/h3-8,11H,9-10H2,1-2H3,(H,18,20,23)(H,19,21,22). The van der Waals surface area contributed by atoms with E-state index in [9.17, 15) is 4.79 Å². The van der Waals surface area contributed by atoms with E-state index in [2.05, 4.69) is 51.5 Å². The van der Waals surface area contributed by atoms with Gasteiger partial charge >= 0.3 is 0 Å². The zero-order valence-electron chi connectivity index (χ0n) is 14.4. The van der Waals surface area contributed by atoms with Gasteiger partial charge in [0.15, 0.2) is 11.0 Å². The number of carbonyl (C=O) groups excluding carboxylic acids is 1. The maximum Gasteiger partial charge on any atom is 0.236 e. The van der Waals surface area contributed by atoms with Gasteiger partial charge in [0, 0.05) is 11.6 Å². The van der Waals surface area contributed by atoms with Crippen molar-refractivity contribution in [3.05, 3.63) is 47.2 Å². The molecule has 0 bridgehead atoms. The summed E-state index contributed by atoms with van der Waals surface area (Å²) in [6.07, 6.45) is 1.64. The van der Waals surface area contributed by atoms with Crippen LogP contribution >= 0.6 is 23.1 Å². The number of amides is 1. The minimum Gasteiger partial charge on any atom is -0.486 e. The van der Waals surface area contributed by atoms with Crippen LogP contribution in [0.5, 0.6) is 5.75 Å². The Morgan fingerprint density at radius 3 is 2.85 bits per heavy atom. The fourth-order valence-corrected chi connectivity index (χ4v) is 3.24. The van der Waals surface area contributed by atoms with Crippen LogP contribution in [0.25, 0.3) is 0 Å². The fraction of sp³-hybridized carbons (Fsp3) is 0.294. The average molecular weight is 390 g/mol. The van der Waals surface area contributed by atoms with Crippen molar-refractivity contribution in [1.29, 1.82) is 0 Å². The molecular formula is C17H19N5O2S2. The molecule has 0 saturated heterocycles. The Labute approximate surface area is 159 Å². The molecule has 2 aromatic heterocycles. The molecule has 0 radical (unpaired) electrons. The Morgan fingerprint density at radius 1 is 1.35 bits per heavy atom. The van der Waals surface area contributed by atoms with Gasteiger partial charge in [-0.1, -0.05) is 37.7 Å². The molecule has 0 aliphatic rings. The van der Waals surface area contributed by atoms with E-state index in [1.54, 1.807) is 11.6 Å². The molecule has 7 nitrogen and oxygen atoms in total. The third-order valence-electron chi connectivity index (χ3n) is 3.44. The van der Waals surface area contributed by atoms with Gasteiger partial charge < -0.3 is 10.1 Å². The zero-order chi connectivity index (χ0) is 18.4. The number of benzene rings is 1. The van der Waals surface area contributed by atoms with Crippen LogP contribution in [-0.2, 0) is 11.4 Å². The fourth-order valence-electron chi connectivity index (χ4n) is 2.08. The van der Waals surface area contributed by atoms with E-state index in [1.165, 1.54) is 28.7 Å². The third-order valence-corrected chi connectivity index (χ3v) is 4.98. The second kappa shape index (κ2) is 8.81. The molecule has 1 aromatic carbocycles. The maximum absolute atomic E-state index is 11.8. The number of nitrogens with zero attached hydrogens (tertiary/aromatic N) is 3. The van der Waals surface area contributed by atoms with E-state index < -0.39 is 0 Å². The molecule has 2 N–H and O–H groups in total. The number of anilines is 1. The first kappa shape index (κ1) is 18.4. The molecule has 0 saturated carbocycles. The van der Waals surface area contributed by atoms with Crippen LogP contribution in [0.1, 0.15) is 31.2 Å². The molecular weight excluding hydrogens is 370 g/mol. The predicted molar refractivity (Wildman–Crippen MR) is 103 cm³/mol. The van der Waals surface area contributed by atoms with E-state index in [1.807, 2.05) is 12.1 Å². The highest BCUT2D eigenvalue weighted by Crippen LogP contribution is 2.19. The summed E-state index contributed by atoms with van der Waals surface area (Å²) in [7, 11) is 0. The molecule has 2 heterocycles. The van der Waals surface area contributed by atoms with Gasteiger partial charge in [0.25, 0.3) is 0 Å². The van der Waals surface area contributed by atoms with Gasteiger partial charge in [-0.3, -0.25) is 9.89 Å². The second-order valence-corrected chi connectivity index (χ2v) is 7.59. The molecule has 0 aliphatic heterocycles.